The second kappa shape index (κ2) is 4.18. The largest absolute Gasteiger partial charge is 0.291 e. The molecule has 0 aromatic heterocycles. The van der Waals surface area contributed by atoms with E-state index in [1.165, 1.54) is 11.1 Å². The van der Waals surface area contributed by atoms with Gasteiger partial charge in [0.2, 0.25) is 23.1 Å². The lowest BCUT2D eigenvalue weighted by Gasteiger charge is -2.33. The van der Waals surface area contributed by atoms with Gasteiger partial charge in [-0.15, -0.1) is 0 Å². The molecule has 0 aromatic carbocycles. The summed E-state index contributed by atoms with van der Waals surface area (Å²) in [6, 6.07) is 0. The van der Waals surface area contributed by atoms with Crippen LogP contribution in [0.1, 0.15) is 52.4 Å². The Hall–Kier alpha value is -1.84. The Morgan fingerprint density at radius 2 is 1.35 bits per heavy atom. The van der Waals surface area contributed by atoms with Crippen LogP contribution < -0.4 is 0 Å². The Morgan fingerprint density at radius 1 is 0.769 bits per heavy atom. The normalized spacial score (nSPS) is 48.5. The van der Waals surface area contributed by atoms with Gasteiger partial charge >= 0.3 is 0 Å². The van der Waals surface area contributed by atoms with Crippen LogP contribution in [0.2, 0.25) is 0 Å². The third kappa shape index (κ3) is 1.43. The molecule has 6 atom stereocenters. The monoisotopic (exact) mass is 350 g/mol. The van der Waals surface area contributed by atoms with E-state index in [9.17, 15) is 19.2 Å². The molecule has 0 heterocycles. The molecule has 5 fully saturated rings. The van der Waals surface area contributed by atoms with Gasteiger partial charge in [0.1, 0.15) is 0 Å². The van der Waals surface area contributed by atoms with Crippen LogP contribution in [0, 0.1) is 34.5 Å². The number of rotatable bonds is 0. The maximum atomic E-state index is 12.9. The van der Waals surface area contributed by atoms with Gasteiger partial charge in [0.05, 0.1) is 11.8 Å². The van der Waals surface area contributed by atoms with E-state index in [0.717, 1.165) is 36.8 Å². The first-order valence-electron chi connectivity index (χ1n) is 9.82. The van der Waals surface area contributed by atoms with Crippen molar-refractivity contribution in [2.45, 2.75) is 52.4 Å². The zero-order valence-electron chi connectivity index (χ0n) is 15.2. The number of hydrogen-bond acceptors (Lipinski definition) is 4. The van der Waals surface area contributed by atoms with Crippen LogP contribution in [-0.2, 0) is 19.2 Å². The first-order valence-corrected chi connectivity index (χ1v) is 9.82. The lowest BCUT2D eigenvalue weighted by atomic mass is 9.71. The zero-order valence-corrected chi connectivity index (χ0v) is 15.2. The van der Waals surface area contributed by atoms with Crippen LogP contribution in [-0.4, -0.2) is 23.1 Å². The Kier molecular flexibility index (Phi) is 2.45. The lowest BCUT2D eigenvalue weighted by molar-refractivity contribution is -0.139. The number of carbonyl (C=O) groups excluding carboxylic acids is 4. The lowest BCUT2D eigenvalue weighted by Crippen LogP contribution is -2.32. The fourth-order valence-corrected chi connectivity index (χ4v) is 7.61. The summed E-state index contributed by atoms with van der Waals surface area (Å²) in [5, 5.41) is 0. The van der Waals surface area contributed by atoms with Crippen molar-refractivity contribution in [3.63, 3.8) is 0 Å². The van der Waals surface area contributed by atoms with E-state index in [1.54, 1.807) is 0 Å². The van der Waals surface area contributed by atoms with Crippen LogP contribution >= 0.6 is 0 Å². The number of fused-ring (bicyclic) bond motifs is 1. The highest BCUT2D eigenvalue weighted by Gasteiger charge is 2.65. The third-order valence-electron chi connectivity index (χ3n) is 8.93. The summed E-state index contributed by atoms with van der Waals surface area (Å²) in [6.45, 7) is 4.64. The van der Waals surface area contributed by atoms with Crippen LogP contribution in [0.5, 0.6) is 0 Å². The number of ketones is 4. The molecule has 0 spiro atoms. The van der Waals surface area contributed by atoms with Crippen molar-refractivity contribution in [3.05, 3.63) is 22.3 Å². The minimum Gasteiger partial charge on any atom is -0.291 e. The van der Waals surface area contributed by atoms with Gasteiger partial charge in [-0.1, -0.05) is 30.6 Å². The summed E-state index contributed by atoms with van der Waals surface area (Å²) in [7, 11) is 0. The fourth-order valence-electron chi connectivity index (χ4n) is 7.61. The summed E-state index contributed by atoms with van der Waals surface area (Å²) in [5.41, 5.74) is 4.40. The van der Waals surface area contributed by atoms with E-state index >= 15 is 0 Å². The van der Waals surface area contributed by atoms with Gasteiger partial charge in [-0.2, -0.15) is 0 Å². The maximum absolute atomic E-state index is 12.9. The molecule has 6 unspecified atom stereocenters. The number of allylic oxidation sites excluding steroid dienone is 4. The number of hydrogen-bond donors (Lipinski definition) is 0. The summed E-state index contributed by atoms with van der Waals surface area (Å²) in [5.74, 6) is -2.64. The summed E-state index contributed by atoms with van der Waals surface area (Å²) in [6.07, 6.45) is 4.19. The first-order chi connectivity index (χ1) is 12.2. The van der Waals surface area contributed by atoms with Crippen molar-refractivity contribution in [2.24, 2.45) is 34.5 Å². The van der Waals surface area contributed by atoms with Gasteiger partial charge in [0.25, 0.3) is 0 Å². The van der Waals surface area contributed by atoms with E-state index in [0.29, 0.717) is 6.42 Å². The summed E-state index contributed by atoms with van der Waals surface area (Å²) >= 11 is 0. The highest BCUT2D eigenvalue weighted by Crippen LogP contribution is 2.70. The molecule has 10 bridgehead atoms. The quantitative estimate of drug-likeness (QED) is 0.498. The minimum absolute atomic E-state index is 0.0619. The van der Waals surface area contributed by atoms with E-state index in [2.05, 4.69) is 13.8 Å². The molecule has 0 radical (unpaired) electrons. The van der Waals surface area contributed by atoms with Crippen LogP contribution in [0.4, 0.5) is 0 Å². The smallest absolute Gasteiger partial charge is 0.206 e. The molecule has 4 nitrogen and oxygen atoms in total. The van der Waals surface area contributed by atoms with Gasteiger partial charge < -0.3 is 0 Å². The molecule has 7 aliphatic carbocycles. The fraction of sp³-hybridized carbons (Fsp3) is 0.636. The molecule has 26 heavy (non-hydrogen) atoms. The SMILES string of the molecule is CC12CC3=C4CC(=O)C(=O)C5CC6C4C(=O)C(=O)C6C5=C(C1)CC2(C)C3. The Labute approximate surface area is 152 Å². The Morgan fingerprint density at radius 3 is 2.00 bits per heavy atom. The van der Waals surface area contributed by atoms with Gasteiger partial charge in [0, 0.05) is 12.3 Å². The molecule has 0 amide bonds. The van der Waals surface area contributed by atoms with Crippen LogP contribution in [0.3, 0.4) is 0 Å². The molecule has 5 saturated carbocycles. The van der Waals surface area contributed by atoms with Crippen molar-refractivity contribution in [2.75, 3.05) is 0 Å². The van der Waals surface area contributed by atoms with Gasteiger partial charge in [-0.3, -0.25) is 19.2 Å². The van der Waals surface area contributed by atoms with E-state index < -0.39 is 17.8 Å². The van der Waals surface area contributed by atoms with Gasteiger partial charge in [0.15, 0.2) is 0 Å². The second-order valence-corrected chi connectivity index (χ2v) is 10.1. The van der Waals surface area contributed by atoms with Crippen molar-refractivity contribution in [1.82, 2.24) is 0 Å². The molecule has 4 heteroatoms. The highest BCUT2D eigenvalue weighted by molar-refractivity contribution is 6.45. The third-order valence-corrected chi connectivity index (χ3v) is 8.93. The molecule has 0 N–H and O–H groups in total. The standard InChI is InChI=1S/C22H22O4/c1-21-5-9-6-22(21,2)8-10(7-21)15-13-3-12-16(19(25)20(26)17(12)15)11(9)4-14(23)18(13)24/h12-13,16-17H,3-8H2,1-2H3. The number of carbonyl (C=O) groups is 4. The van der Waals surface area contributed by atoms with Gasteiger partial charge in [-0.05, 0) is 54.4 Å². The molecule has 7 rings (SSSR count). The van der Waals surface area contributed by atoms with E-state index in [4.69, 9.17) is 0 Å². The molecule has 134 valence electrons. The Balaban J connectivity index is 1.76. The average molecular weight is 350 g/mol. The molecular formula is C22H22O4. The van der Waals surface area contributed by atoms with Crippen LogP contribution in [0.25, 0.3) is 0 Å². The summed E-state index contributed by atoms with van der Waals surface area (Å²) < 4.78 is 0. The number of Topliss-reactive ketones (excluding diaryl/α,β-unsaturated/α-hetero) is 4. The van der Waals surface area contributed by atoms with Gasteiger partial charge in [-0.25, -0.2) is 0 Å². The first kappa shape index (κ1) is 15.2. The molecule has 0 aromatic rings. The van der Waals surface area contributed by atoms with Crippen molar-refractivity contribution < 1.29 is 19.2 Å². The molecule has 0 aliphatic heterocycles. The molecular weight excluding hydrogens is 328 g/mol. The van der Waals surface area contributed by atoms with E-state index in [1.807, 2.05) is 0 Å². The molecule has 7 aliphatic rings. The predicted molar refractivity (Wildman–Crippen MR) is 92.0 cm³/mol. The van der Waals surface area contributed by atoms with Crippen molar-refractivity contribution in [3.8, 4) is 0 Å². The van der Waals surface area contributed by atoms with Crippen LogP contribution in [0.15, 0.2) is 22.3 Å². The van der Waals surface area contributed by atoms with E-state index in [-0.39, 0.29) is 46.3 Å². The van der Waals surface area contributed by atoms with Crippen molar-refractivity contribution in [1.29, 1.82) is 0 Å². The summed E-state index contributed by atoms with van der Waals surface area (Å²) in [4.78, 5) is 51.6. The predicted octanol–water partition coefficient (Wildman–Crippen LogP) is 2.76. The second-order valence-electron chi connectivity index (χ2n) is 10.1. The Bertz CT molecular complexity index is 901. The van der Waals surface area contributed by atoms with Crippen molar-refractivity contribution >= 4 is 23.1 Å². The average Bonchev–Trinajstić information content (AvgIpc) is 3.19. The topological polar surface area (TPSA) is 68.3 Å². The minimum atomic E-state index is -0.445. The molecule has 0 saturated heterocycles. The zero-order chi connectivity index (χ0) is 18.2. The highest BCUT2D eigenvalue weighted by atomic mass is 16.2. The maximum Gasteiger partial charge on any atom is 0.206 e.